The number of rotatable bonds is 7. The molecular weight excluding hydrogens is 332 g/mol. The molecule has 0 aliphatic rings. The smallest absolute Gasteiger partial charge is 0.238 e. The molecule has 4 nitrogen and oxygen atoms in total. The van der Waals surface area contributed by atoms with Crippen LogP contribution in [0.15, 0.2) is 44.0 Å². The Kier molecular flexibility index (Phi) is 6.11. The normalized spacial score (nSPS) is 12.6. The Morgan fingerprint density at radius 1 is 1.00 bits per heavy atom. The Morgan fingerprint density at radius 3 is 2.00 bits per heavy atom. The van der Waals surface area contributed by atoms with Crippen LogP contribution in [0.2, 0.25) is 0 Å². The van der Waals surface area contributed by atoms with Gasteiger partial charge in [0.15, 0.2) is 5.82 Å². The lowest BCUT2D eigenvalue weighted by Gasteiger charge is -2.15. The Bertz CT molecular complexity index is 926. The molecule has 2 heterocycles. The van der Waals surface area contributed by atoms with Gasteiger partial charge in [0.05, 0.1) is 11.4 Å². The maximum atomic E-state index is 4.77. The largest absolute Gasteiger partial charge is 0.279 e. The molecule has 0 aliphatic carbocycles. The van der Waals surface area contributed by atoms with Gasteiger partial charge in [-0.3, -0.25) is 4.57 Å². The predicted molar refractivity (Wildman–Crippen MR) is 116 cm³/mol. The Hall–Kier alpha value is -3.01. The van der Waals surface area contributed by atoms with Gasteiger partial charge < -0.3 is 0 Å². The average molecular weight is 361 g/mol. The highest BCUT2D eigenvalue weighted by molar-refractivity contribution is 5.64. The third kappa shape index (κ3) is 3.61. The third-order valence-corrected chi connectivity index (χ3v) is 5.03. The number of hydrogen-bond donors (Lipinski definition) is 0. The standard InChI is InChI=1S/C23H28N4/c1-10-14(5)16(7)22-24-21(15(6)11-2)25-23(26-22)27-19(12-3)17(8)18(9)20(27)13-4/h10-13,16H,1,3-5H2,2,6-9H3/b15-11+. The van der Waals surface area contributed by atoms with Crippen molar-refractivity contribution in [2.75, 3.05) is 0 Å². The van der Waals surface area contributed by atoms with Crippen LogP contribution in [0.25, 0.3) is 23.7 Å². The lowest BCUT2D eigenvalue weighted by Crippen LogP contribution is -2.13. The van der Waals surface area contributed by atoms with Gasteiger partial charge in [-0.2, -0.15) is 9.97 Å². The first-order valence-electron chi connectivity index (χ1n) is 8.98. The highest BCUT2D eigenvalue weighted by atomic mass is 15.2. The Labute approximate surface area is 162 Å². The zero-order valence-electron chi connectivity index (χ0n) is 17.0. The van der Waals surface area contributed by atoms with Gasteiger partial charge in [-0.15, -0.1) is 0 Å². The van der Waals surface area contributed by atoms with E-state index in [0.717, 1.165) is 33.7 Å². The van der Waals surface area contributed by atoms with Crippen LogP contribution in [0, 0.1) is 13.8 Å². The van der Waals surface area contributed by atoms with E-state index in [4.69, 9.17) is 9.97 Å². The molecule has 2 rings (SSSR count). The maximum Gasteiger partial charge on any atom is 0.238 e. The summed E-state index contributed by atoms with van der Waals surface area (Å²) in [5.41, 5.74) is 6.03. The van der Waals surface area contributed by atoms with E-state index < -0.39 is 0 Å². The fourth-order valence-corrected chi connectivity index (χ4v) is 2.88. The molecular formula is C23H28N4. The summed E-state index contributed by atoms with van der Waals surface area (Å²) in [5.74, 6) is 1.80. The van der Waals surface area contributed by atoms with Crippen molar-refractivity contribution in [3.63, 3.8) is 0 Å². The minimum atomic E-state index is -0.0650. The minimum absolute atomic E-state index is 0.0650. The van der Waals surface area contributed by atoms with Crippen molar-refractivity contribution >= 4 is 17.7 Å². The molecule has 0 radical (unpaired) electrons. The zero-order valence-corrected chi connectivity index (χ0v) is 17.0. The molecule has 0 amide bonds. The van der Waals surface area contributed by atoms with E-state index in [-0.39, 0.29) is 5.92 Å². The zero-order chi connectivity index (χ0) is 20.3. The van der Waals surface area contributed by atoms with E-state index in [1.165, 1.54) is 0 Å². The van der Waals surface area contributed by atoms with Crippen LogP contribution >= 0.6 is 0 Å². The molecule has 0 aliphatic heterocycles. The highest BCUT2D eigenvalue weighted by Gasteiger charge is 2.20. The van der Waals surface area contributed by atoms with Crippen LogP contribution in [0.1, 0.15) is 60.9 Å². The SMILES string of the molecule is C=CC(=C)C(C)c1nc(/C(C)=C/C)nc(-n2c(C=C)c(C)c(C)c2C=C)n1. The summed E-state index contributed by atoms with van der Waals surface area (Å²) >= 11 is 0. The fourth-order valence-electron chi connectivity index (χ4n) is 2.88. The summed E-state index contributed by atoms with van der Waals surface area (Å²) in [6, 6.07) is 0. The molecule has 1 unspecified atom stereocenters. The van der Waals surface area contributed by atoms with Gasteiger partial charge in [0.25, 0.3) is 0 Å². The summed E-state index contributed by atoms with van der Waals surface area (Å²) in [5, 5.41) is 0. The van der Waals surface area contributed by atoms with Gasteiger partial charge in [-0.25, -0.2) is 4.98 Å². The first-order chi connectivity index (χ1) is 12.8. The van der Waals surface area contributed by atoms with Gasteiger partial charge in [0.1, 0.15) is 5.82 Å². The molecule has 0 N–H and O–H groups in total. The second kappa shape index (κ2) is 8.12. The molecule has 140 valence electrons. The van der Waals surface area contributed by atoms with E-state index in [1.807, 2.05) is 43.6 Å². The molecule has 1 atom stereocenters. The topological polar surface area (TPSA) is 43.6 Å². The lowest BCUT2D eigenvalue weighted by molar-refractivity contribution is 0.761. The van der Waals surface area contributed by atoms with Gasteiger partial charge >= 0.3 is 0 Å². The monoisotopic (exact) mass is 360 g/mol. The number of nitrogens with zero attached hydrogens (tertiary/aromatic N) is 4. The predicted octanol–water partition coefficient (Wildman–Crippen LogP) is 5.83. The number of aromatic nitrogens is 4. The van der Waals surface area contributed by atoms with Crippen molar-refractivity contribution in [3.05, 3.63) is 78.2 Å². The van der Waals surface area contributed by atoms with E-state index in [2.05, 4.69) is 45.1 Å². The molecule has 27 heavy (non-hydrogen) atoms. The van der Waals surface area contributed by atoms with E-state index in [1.54, 1.807) is 6.08 Å². The Balaban J connectivity index is 2.87. The summed E-state index contributed by atoms with van der Waals surface area (Å²) in [6.07, 6.45) is 7.38. The molecule has 0 fully saturated rings. The highest BCUT2D eigenvalue weighted by Crippen LogP contribution is 2.28. The van der Waals surface area contributed by atoms with E-state index in [9.17, 15) is 0 Å². The Morgan fingerprint density at radius 2 is 1.56 bits per heavy atom. The minimum Gasteiger partial charge on any atom is -0.279 e. The van der Waals surface area contributed by atoms with E-state index >= 15 is 0 Å². The van der Waals surface area contributed by atoms with Gasteiger partial charge in [-0.05, 0) is 62.1 Å². The van der Waals surface area contributed by atoms with Crippen LogP contribution in [-0.2, 0) is 0 Å². The average Bonchev–Trinajstić information content (AvgIpc) is 2.95. The molecule has 4 heteroatoms. The van der Waals surface area contributed by atoms with Crippen molar-refractivity contribution in [2.24, 2.45) is 0 Å². The molecule has 0 saturated heterocycles. The van der Waals surface area contributed by atoms with Crippen molar-refractivity contribution < 1.29 is 0 Å². The first kappa shape index (κ1) is 20.3. The van der Waals surface area contributed by atoms with Crippen LogP contribution in [0.3, 0.4) is 0 Å². The van der Waals surface area contributed by atoms with Gasteiger partial charge in [-0.1, -0.05) is 45.4 Å². The number of allylic oxidation sites excluding steroid dienone is 4. The first-order valence-corrected chi connectivity index (χ1v) is 8.98. The molecule has 0 bridgehead atoms. The summed E-state index contributed by atoms with van der Waals surface area (Å²) in [6.45, 7) is 25.9. The van der Waals surface area contributed by atoms with Gasteiger partial charge in [0, 0.05) is 5.92 Å². The van der Waals surface area contributed by atoms with Crippen molar-refractivity contribution in [1.29, 1.82) is 0 Å². The lowest BCUT2D eigenvalue weighted by atomic mass is 10.0. The number of hydrogen-bond acceptors (Lipinski definition) is 3. The fraction of sp³-hybridized carbons (Fsp3) is 0.261. The second-order valence-electron chi connectivity index (χ2n) is 6.55. The summed E-state index contributed by atoms with van der Waals surface area (Å²) in [7, 11) is 0. The third-order valence-electron chi connectivity index (χ3n) is 5.03. The molecule has 0 aromatic carbocycles. The second-order valence-corrected chi connectivity index (χ2v) is 6.55. The van der Waals surface area contributed by atoms with Crippen LogP contribution in [0.4, 0.5) is 0 Å². The van der Waals surface area contributed by atoms with Crippen LogP contribution < -0.4 is 0 Å². The van der Waals surface area contributed by atoms with Crippen LogP contribution in [-0.4, -0.2) is 19.5 Å². The molecule has 0 spiro atoms. The van der Waals surface area contributed by atoms with Crippen molar-refractivity contribution in [1.82, 2.24) is 19.5 Å². The molecule has 2 aromatic heterocycles. The van der Waals surface area contributed by atoms with Crippen molar-refractivity contribution in [2.45, 2.75) is 40.5 Å². The van der Waals surface area contributed by atoms with Crippen molar-refractivity contribution in [3.8, 4) is 5.95 Å². The van der Waals surface area contributed by atoms with Gasteiger partial charge in [0.2, 0.25) is 5.95 Å². The van der Waals surface area contributed by atoms with Crippen LogP contribution in [0.5, 0.6) is 0 Å². The maximum absolute atomic E-state index is 4.77. The summed E-state index contributed by atoms with van der Waals surface area (Å²) < 4.78 is 1.99. The summed E-state index contributed by atoms with van der Waals surface area (Å²) in [4.78, 5) is 14.2. The molecule has 0 saturated carbocycles. The molecule has 2 aromatic rings. The van der Waals surface area contributed by atoms with E-state index in [0.29, 0.717) is 17.6 Å². The quantitative estimate of drug-likeness (QED) is 0.583.